The molecule has 0 fully saturated rings. The van der Waals surface area contributed by atoms with Gasteiger partial charge in [0.1, 0.15) is 5.75 Å². The maximum absolute atomic E-state index is 12.4. The Labute approximate surface area is 163 Å². The van der Waals surface area contributed by atoms with Gasteiger partial charge in [-0.1, -0.05) is 24.3 Å². The van der Waals surface area contributed by atoms with Crippen molar-refractivity contribution in [2.45, 2.75) is 25.9 Å². The van der Waals surface area contributed by atoms with E-state index >= 15 is 0 Å². The summed E-state index contributed by atoms with van der Waals surface area (Å²) < 4.78 is 10.6. The maximum Gasteiger partial charge on any atom is 0.306 e. The van der Waals surface area contributed by atoms with Crippen LogP contribution in [0.1, 0.15) is 18.9 Å². The summed E-state index contributed by atoms with van der Waals surface area (Å²) in [6, 6.07) is 16.7. The number of methoxy groups -OCH3 is 1. The molecule has 3 aromatic rings. The van der Waals surface area contributed by atoms with E-state index in [0.29, 0.717) is 12.1 Å². The van der Waals surface area contributed by atoms with Gasteiger partial charge < -0.3 is 14.8 Å². The number of rotatable bonds is 7. The SMILES string of the molecule is COc1ccccc1CCC(=O)OC(C)C(=O)Nc1cccc2ncccc12. The summed E-state index contributed by atoms with van der Waals surface area (Å²) in [7, 11) is 1.59. The summed E-state index contributed by atoms with van der Waals surface area (Å²) in [6.07, 6.45) is 1.43. The van der Waals surface area contributed by atoms with Gasteiger partial charge in [-0.25, -0.2) is 0 Å². The molecule has 0 saturated carbocycles. The number of carbonyl (C=O) groups is 2. The number of esters is 1. The fourth-order valence-corrected chi connectivity index (χ4v) is 2.90. The van der Waals surface area contributed by atoms with Crippen LogP contribution in [-0.4, -0.2) is 30.1 Å². The summed E-state index contributed by atoms with van der Waals surface area (Å²) in [4.78, 5) is 28.8. The van der Waals surface area contributed by atoms with Crippen LogP contribution in [0.4, 0.5) is 5.69 Å². The second kappa shape index (κ2) is 8.99. The maximum atomic E-state index is 12.4. The van der Waals surface area contributed by atoms with E-state index in [1.54, 1.807) is 32.4 Å². The van der Waals surface area contributed by atoms with Crippen molar-refractivity contribution in [2.75, 3.05) is 12.4 Å². The van der Waals surface area contributed by atoms with E-state index in [-0.39, 0.29) is 12.3 Å². The van der Waals surface area contributed by atoms with Gasteiger partial charge in [-0.05, 0) is 49.2 Å². The number of amides is 1. The molecule has 28 heavy (non-hydrogen) atoms. The quantitative estimate of drug-likeness (QED) is 0.634. The molecule has 1 amide bonds. The van der Waals surface area contributed by atoms with Crippen molar-refractivity contribution in [3.05, 3.63) is 66.4 Å². The van der Waals surface area contributed by atoms with Crippen LogP contribution in [0.5, 0.6) is 5.75 Å². The van der Waals surface area contributed by atoms with Crippen molar-refractivity contribution >= 4 is 28.5 Å². The first-order chi connectivity index (χ1) is 13.6. The van der Waals surface area contributed by atoms with Gasteiger partial charge in [0.2, 0.25) is 0 Å². The fourth-order valence-electron chi connectivity index (χ4n) is 2.90. The normalized spacial score (nSPS) is 11.6. The first-order valence-electron chi connectivity index (χ1n) is 9.04. The highest BCUT2D eigenvalue weighted by molar-refractivity contribution is 6.02. The minimum Gasteiger partial charge on any atom is -0.496 e. The lowest BCUT2D eigenvalue weighted by Crippen LogP contribution is -2.30. The lowest BCUT2D eigenvalue weighted by molar-refractivity contribution is -0.153. The van der Waals surface area contributed by atoms with Crippen LogP contribution < -0.4 is 10.1 Å². The van der Waals surface area contributed by atoms with Gasteiger partial charge in [0.25, 0.3) is 5.91 Å². The van der Waals surface area contributed by atoms with Crippen LogP contribution in [0.3, 0.4) is 0 Å². The fraction of sp³-hybridized carbons (Fsp3) is 0.227. The van der Waals surface area contributed by atoms with E-state index in [0.717, 1.165) is 22.2 Å². The molecule has 1 atom stereocenters. The Morgan fingerprint density at radius 2 is 1.89 bits per heavy atom. The van der Waals surface area contributed by atoms with Gasteiger partial charge in [0, 0.05) is 18.0 Å². The molecular weight excluding hydrogens is 356 g/mol. The molecule has 0 bridgehead atoms. The molecule has 1 aromatic heterocycles. The average Bonchev–Trinajstić information content (AvgIpc) is 2.72. The number of hydrogen-bond acceptors (Lipinski definition) is 5. The van der Waals surface area contributed by atoms with E-state index in [4.69, 9.17) is 9.47 Å². The van der Waals surface area contributed by atoms with Crippen LogP contribution >= 0.6 is 0 Å². The number of ether oxygens (including phenoxy) is 2. The number of pyridine rings is 1. The monoisotopic (exact) mass is 378 g/mol. The van der Waals surface area contributed by atoms with Crippen LogP contribution in [-0.2, 0) is 20.7 Å². The zero-order valence-electron chi connectivity index (χ0n) is 15.8. The van der Waals surface area contributed by atoms with Crippen LogP contribution in [0.2, 0.25) is 0 Å². The summed E-state index contributed by atoms with van der Waals surface area (Å²) >= 11 is 0. The summed E-state index contributed by atoms with van der Waals surface area (Å²) in [5.41, 5.74) is 2.33. The number of para-hydroxylation sites is 1. The van der Waals surface area contributed by atoms with E-state index in [1.165, 1.54) is 0 Å². The van der Waals surface area contributed by atoms with E-state index in [9.17, 15) is 9.59 Å². The summed E-state index contributed by atoms with van der Waals surface area (Å²) in [6.45, 7) is 1.56. The molecule has 0 aliphatic rings. The molecule has 0 aliphatic carbocycles. The first kappa shape index (κ1) is 19.4. The second-order valence-corrected chi connectivity index (χ2v) is 6.31. The highest BCUT2D eigenvalue weighted by atomic mass is 16.5. The third kappa shape index (κ3) is 4.65. The number of aryl methyl sites for hydroxylation is 1. The molecular formula is C22H22N2O4. The summed E-state index contributed by atoms with van der Waals surface area (Å²) in [5, 5.41) is 3.63. The Hall–Kier alpha value is -3.41. The molecule has 1 heterocycles. The largest absolute Gasteiger partial charge is 0.496 e. The molecule has 0 radical (unpaired) electrons. The van der Waals surface area contributed by atoms with Gasteiger partial charge >= 0.3 is 5.97 Å². The number of hydrogen-bond donors (Lipinski definition) is 1. The minimum atomic E-state index is -0.905. The highest BCUT2D eigenvalue weighted by Crippen LogP contribution is 2.22. The molecule has 6 heteroatoms. The van der Waals surface area contributed by atoms with Crippen molar-refractivity contribution in [1.82, 2.24) is 4.98 Å². The lowest BCUT2D eigenvalue weighted by Gasteiger charge is -2.15. The summed E-state index contributed by atoms with van der Waals surface area (Å²) in [5.74, 6) is -0.0965. The molecule has 0 spiro atoms. The number of aromatic nitrogens is 1. The predicted molar refractivity (Wildman–Crippen MR) is 107 cm³/mol. The smallest absolute Gasteiger partial charge is 0.306 e. The Morgan fingerprint density at radius 3 is 2.71 bits per heavy atom. The van der Waals surface area contributed by atoms with Crippen LogP contribution in [0.25, 0.3) is 10.9 Å². The molecule has 2 aromatic carbocycles. The van der Waals surface area contributed by atoms with Gasteiger partial charge in [0.05, 0.1) is 18.3 Å². The number of nitrogens with zero attached hydrogens (tertiary/aromatic N) is 1. The molecule has 1 N–H and O–H groups in total. The predicted octanol–water partition coefficient (Wildman–Crippen LogP) is 3.75. The standard InChI is InChI=1S/C22H22N2O4/c1-15(28-21(25)13-12-16-7-3-4-11-20(16)27-2)22(26)24-19-10-5-9-18-17(19)8-6-14-23-18/h3-11,14-15H,12-13H2,1-2H3,(H,24,26). The van der Waals surface area contributed by atoms with E-state index in [1.807, 2.05) is 42.5 Å². The first-order valence-corrected chi connectivity index (χ1v) is 9.04. The average molecular weight is 378 g/mol. The van der Waals surface area contributed by atoms with Crippen molar-refractivity contribution < 1.29 is 19.1 Å². The molecule has 0 saturated heterocycles. The third-order valence-corrected chi connectivity index (χ3v) is 4.37. The zero-order valence-corrected chi connectivity index (χ0v) is 15.8. The van der Waals surface area contributed by atoms with Gasteiger partial charge in [-0.3, -0.25) is 14.6 Å². The van der Waals surface area contributed by atoms with Gasteiger partial charge in [-0.15, -0.1) is 0 Å². The molecule has 1 unspecified atom stereocenters. The third-order valence-electron chi connectivity index (χ3n) is 4.37. The van der Waals surface area contributed by atoms with Crippen molar-refractivity contribution in [3.8, 4) is 5.75 Å². The zero-order chi connectivity index (χ0) is 19.9. The number of fused-ring (bicyclic) bond motifs is 1. The molecule has 6 nitrogen and oxygen atoms in total. The van der Waals surface area contributed by atoms with Crippen LogP contribution in [0, 0.1) is 0 Å². The number of anilines is 1. The molecule has 0 aliphatic heterocycles. The molecule has 3 rings (SSSR count). The molecule has 144 valence electrons. The van der Waals surface area contributed by atoms with Gasteiger partial charge in [-0.2, -0.15) is 0 Å². The minimum absolute atomic E-state index is 0.163. The Morgan fingerprint density at radius 1 is 1.07 bits per heavy atom. The number of benzene rings is 2. The Balaban J connectivity index is 1.57. The van der Waals surface area contributed by atoms with Crippen molar-refractivity contribution in [2.24, 2.45) is 0 Å². The highest BCUT2D eigenvalue weighted by Gasteiger charge is 2.19. The number of nitrogens with one attached hydrogen (secondary N) is 1. The topological polar surface area (TPSA) is 77.5 Å². The van der Waals surface area contributed by atoms with E-state index in [2.05, 4.69) is 10.3 Å². The van der Waals surface area contributed by atoms with E-state index < -0.39 is 12.1 Å². The Kier molecular flexibility index (Phi) is 6.22. The second-order valence-electron chi connectivity index (χ2n) is 6.31. The van der Waals surface area contributed by atoms with Crippen LogP contribution in [0.15, 0.2) is 60.8 Å². The number of carbonyl (C=O) groups excluding carboxylic acids is 2. The Bertz CT molecular complexity index is 982. The van der Waals surface area contributed by atoms with Crippen molar-refractivity contribution in [1.29, 1.82) is 0 Å². The van der Waals surface area contributed by atoms with Gasteiger partial charge in [0.15, 0.2) is 6.10 Å². The lowest BCUT2D eigenvalue weighted by atomic mass is 10.1. The van der Waals surface area contributed by atoms with Crippen molar-refractivity contribution in [3.63, 3.8) is 0 Å².